The van der Waals surface area contributed by atoms with Gasteiger partial charge in [0.25, 0.3) is 0 Å². The molecule has 0 spiro atoms. The zero-order valence-electron chi connectivity index (χ0n) is 11.5. The quantitative estimate of drug-likeness (QED) is 0.710. The second-order valence-electron chi connectivity index (χ2n) is 5.17. The highest BCUT2D eigenvalue weighted by Crippen LogP contribution is 2.22. The van der Waals surface area contributed by atoms with Gasteiger partial charge >= 0.3 is 0 Å². The van der Waals surface area contributed by atoms with Gasteiger partial charge in [-0.3, -0.25) is 0 Å². The summed E-state index contributed by atoms with van der Waals surface area (Å²) in [6.45, 7) is 8.97. The number of rotatable bonds is 6. The Bertz CT molecular complexity index is 295. The lowest BCUT2D eigenvalue weighted by atomic mass is 9.96. The van der Waals surface area contributed by atoms with Gasteiger partial charge in [0.1, 0.15) is 5.82 Å². The number of aromatic nitrogens is 2. The van der Waals surface area contributed by atoms with E-state index in [2.05, 4.69) is 50.5 Å². The molecule has 0 N–H and O–H groups in total. The molecule has 0 amide bonds. The van der Waals surface area contributed by atoms with Gasteiger partial charge in [0.2, 0.25) is 0 Å². The van der Waals surface area contributed by atoms with Crippen molar-refractivity contribution in [1.29, 1.82) is 0 Å². The van der Waals surface area contributed by atoms with Crippen molar-refractivity contribution in [3.8, 4) is 0 Å². The van der Waals surface area contributed by atoms with Crippen molar-refractivity contribution in [2.45, 2.75) is 59.3 Å². The molecular formula is C14H26N2. The summed E-state index contributed by atoms with van der Waals surface area (Å²) in [5, 5.41) is 0. The maximum Gasteiger partial charge on any atom is 0.105 e. The molecule has 0 aliphatic heterocycles. The third kappa shape index (κ3) is 3.66. The van der Waals surface area contributed by atoms with Crippen LogP contribution in [0.3, 0.4) is 0 Å². The molecule has 0 aliphatic carbocycles. The minimum atomic E-state index is 0.601. The van der Waals surface area contributed by atoms with E-state index in [9.17, 15) is 0 Å². The van der Waals surface area contributed by atoms with Gasteiger partial charge in [0, 0.05) is 13.2 Å². The maximum atomic E-state index is 4.59. The van der Waals surface area contributed by atoms with Crippen LogP contribution < -0.4 is 0 Å². The predicted octanol–water partition coefficient (Wildman–Crippen LogP) is 4.05. The summed E-state index contributed by atoms with van der Waals surface area (Å²) in [4.78, 5) is 4.59. The van der Waals surface area contributed by atoms with Gasteiger partial charge in [-0.1, -0.05) is 40.0 Å². The fourth-order valence-electron chi connectivity index (χ4n) is 1.95. The first kappa shape index (κ1) is 13.3. The molecule has 1 aromatic rings. The van der Waals surface area contributed by atoms with E-state index >= 15 is 0 Å². The van der Waals surface area contributed by atoms with Crippen LogP contribution in [0, 0.1) is 12.8 Å². The fourth-order valence-corrected chi connectivity index (χ4v) is 1.95. The van der Waals surface area contributed by atoms with Crippen molar-refractivity contribution >= 4 is 0 Å². The highest BCUT2D eigenvalue weighted by Gasteiger charge is 2.10. The van der Waals surface area contributed by atoms with Gasteiger partial charge in [-0.05, 0) is 25.2 Å². The summed E-state index contributed by atoms with van der Waals surface area (Å²) in [5.41, 5.74) is 1.25. The topological polar surface area (TPSA) is 17.8 Å². The van der Waals surface area contributed by atoms with Gasteiger partial charge in [-0.2, -0.15) is 0 Å². The van der Waals surface area contributed by atoms with Crippen LogP contribution in [0.1, 0.15) is 63.9 Å². The Balaban J connectivity index is 2.38. The molecule has 0 fully saturated rings. The molecule has 0 saturated carbocycles. The average Bonchev–Trinajstić information content (AvgIpc) is 2.59. The van der Waals surface area contributed by atoms with Gasteiger partial charge in [-0.25, -0.2) is 4.98 Å². The van der Waals surface area contributed by atoms with Crippen molar-refractivity contribution in [1.82, 2.24) is 9.55 Å². The molecule has 1 aromatic heterocycles. The van der Waals surface area contributed by atoms with E-state index in [0.29, 0.717) is 5.92 Å². The zero-order chi connectivity index (χ0) is 12.1. The average molecular weight is 222 g/mol. The van der Waals surface area contributed by atoms with Gasteiger partial charge < -0.3 is 4.57 Å². The largest absolute Gasteiger partial charge is 0.338 e. The minimum Gasteiger partial charge on any atom is -0.338 e. The smallest absolute Gasteiger partial charge is 0.105 e. The Labute approximate surface area is 100 Å². The van der Waals surface area contributed by atoms with E-state index in [1.54, 1.807) is 0 Å². The fraction of sp³-hybridized carbons (Fsp3) is 0.786. The number of hydrogen-bond donors (Lipinski definition) is 0. The van der Waals surface area contributed by atoms with Crippen LogP contribution in [0.2, 0.25) is 0 Å². The lowest BCUT2D eigenvalue weighted by molar-refractivity contribution is 0.467. The van der Waals surface area contributed by atoms with E-state index in [1.807, 2.05) is 0 Å². The molecular weight excluding hydrogens is 196 g/mol. The lowest BCUT2D eigenvalue weighted by Crippen LogP contribution is -1.97. The highest BCUT2D eigenvalue weighted by atomic mass is 15.0. The lowest BCUT2D eigenvalue weighted by Gasteiger charge is -2.11. The summed E-state index contributed by atoms with van der Waals surface area (Å²) in [5.74, 6) is 2.59. The van der Waals surface area contributed by atoms with Crippen molar-refractivity contribution in [2.24, 2.45) is 13.0 Å². The first-order chi connectivity index (χ1) is 7.54. The van der Waals surface area contributed by atoms with Crippen molar-refractivity contribution in [3.05, 3.63) is 17.7 Å². The molecule has 0 aromatic carbocycles. The standard InChI is InChI=1S/C14H26N2/c1-6-11(2)8-7-9-12(3)14-10-16(5)13(4)15-14/h10-12H,6-9H2,1-5H3. The first-order valence-corrected chi connectivity index (χ1v) is 6.54. The third-order valence-corrected chi connectivity index (χ3v) is 3.66. The van der Waals surface area contributed by atoms with Crippen molar-refractivity contribution in [2.75, 3.05) is 0 Å². The van der Waals surface area contributed by atoms with E-state index in [0.717, 1.165) is 11.7 Å². The number of aryl methyl sites for hydroxylation is 2. The van der Waals surface area contributed by atoms with Gasteiger partial charge in [0.15, 0.2) is 0 Å². The summed E-state index contributed by atoms with van der Waals surface area (Å²) < 4.78 is 2.11. The summed E-state index contributed by atoms with van der Waals surface area (Å²) in [6.07, 6.45) is 7.42. The van der Waals surface area contributed by atoms with Crippen LogP contribution in [-0.2, 0) is 7.05 Å². The van der Waals surface area contributed by atoms with E-state index in [-0.39, 0.29) is 0 Å². The molecule has 2 heteroatoms. The van der Waals surface area contributed by atoms with Crippen LogP contribution in [0.4, 0.5) is 0 Å². The van der Waals surface area contributed by atoms with E-state index in [1.165, 1.54) is 31.4 Å². The Kier molecular flexibility index (Phi) is 5.04. The Hall–Kier alpha value is -0.790. The Morgan fingerprint density at radius 2 is 2.00 bits per heavy atom. The maximum absolute atomic E-state index is 4.59. The molecule has 0 bridgehead atoms. The van der Waals surface area contributed by atoms with Crippen LogP contribution in [0.5, 0.6) is 0 Å². The molecule has 1 rings (SSSR count). The molecule has 0 radical (unpaired) electrons. The molecule has 16 heavy (non-hydrogen) atoms. The second kappa shape index (κ2) is 6.07. The van der Waals surface area contributed by atoms with Crippen LogP contribution in [0.25, 0.3) is 0 Å². The third-order valence-electron chi connectivity index (χ3n) is 3.66. The molecule has 0 saturated heterocycles. The molecule has 2 atom stereocenters. The predicted molar refractivity (Wildman–Crippen MR) is 69.7 cm³/mol. The SMILES string of the molecule is CCC(C)CCCC(C)c1cn(C)c(C)n1. The van der Waals surface area contributed by atoms with Crippen molar-refractivity contribution < 1.29 is 0 Å². The summed E-state index contributed by atoms with van der Waals surface area (Å²) in [7, 11) is 2.07. The molecule has 2 unspecified atom stereocenters. The molecule has 2 nitrogen and oxygen atoms in total. The van der Waals surface area contributed by atoms with Crippen LogP contribution >= 0.6 is 0 Å². The summed E-state index contributed by atoms with van der Waals surface area (Å²) >= 11 is 0. The van der Waals surface area contributed by atoms with E-state index in [4.69, 9.17) is 0 Å². The normalized spacial score (nSPS) is 15.1. The number of nitrogens with zero attached hydrogens (tertiary/aromatic N) is 2. The monoisotopic (exact) mass is 222 g/mol. The molecule has 92 valence electrons. The molecule has 1 heterocycles. The number of hydrogen-bond acceptors (Lipinski definition) is 1. The summed E-state index contributed by atoms with van der Waals surface area (Å²) in [6, 6.07) is 0. The number of imidazole rings is 1. The highest BCUT2D eigenvalue weighted by molar-refractivity contribution is 5.07. The minimum absolute atomic E-state index is 0.601. The van der Waals surface area contributed by atoms with Crippen LogP contribution in [0.15, 0.2) is 6.20 Å². The Morgan fingerprint density at radius 3 is 2.50 bits per heavy atom. The van der Waals surface area contributed by atoms with E-state index < -0.39 is 0 Å². The first-order valence-electron chi connectivity index (χ1n) is 6.54. The Morgan fingerprint density at radius 1 is 1.31 bits per heavy atom. The van der Waals surface area contributed by atoms with Gasteiger partial charge in [0.05, 0.1) is 5.69 Å². The zero-order valence-corrected chi connectivity index (χ0v) is 11.5. The van der Waals surface area contributed by atoms with Crippen molar-refractivity contribution in [3.63, 3.8) is 0 Å². The van der Waals surface area contributed by atoms with Gasteiger partial charge in [-0.15, -0.1) is 0 Å². The molecule has 0 aliphatic rings. The van der Waals surface area contributed by atoms with Crippen LogP contribution in [-0.4, -0.2) is 9.55 Å². The second-order valence-corrected chi connectivity index (χ2v) is 5.17.